The molecule has 4 nitrogen and oxygen atoms in total. The van der Waals surface area contributed by atoms with Crippen molar-refractivity contribution in [3.63, 3.8) is 0 Å². The maximum atomic E-state index is 12.1. The van der Waals surface area contributed by atoms with E-state index < -0.39 is 0 Å². The fourth-order valence-electron chi connectivity index (χ4n) is 3.54. The average molecular weight is 405 g/mol. The molecule has 0 aliphatic rings. The average Bonchev–Trinajstić information content (AvgIpc) is 3.00. The summed E-state index contributed by atoms with van der Waals surface area (Å²) in [5.41, 5.74) is 2.49. The lowest BCUT2D eigenvalue weighted by Crippen LogP contribution is -2.00. The quantitative estimate of drug-likeness (QED) is 0.163. The number of thiophene rings is 1. The number of benzene rings is 2. The van der Waals surface area contributed by atoms with Crippen molar-refractivity contribution in [3.05, 3.63) is 75.2 Å². The van der Waals surface area contributed by atoms with E-state index in [2.05, 4.69) is 35.9 Å². The van der Waals surface area contributed by atoms with Crippen LogP contribution >= 0.6 is 23.1 Å². The minimum absolute atomic E-state index is 0.325. The lowest BCUT2D eigenvalue weighted by Gasteiger charge is -2.09. The molecule has 3 aromatic heterocycles. The van der Waals surface area contributed by atoms with Crippen molar-refractivity contribution in [2.45, 2.75) is 24.6 Å². The summed E-state index contributed by atoms with van der Waals surface area (Å²) >= 11 is 3.33. The van der Waals surface area contributed by atoms with Crippen LogP contribution in [0.4, 0.5) is 0 Å². The minimum atomic E-state index is -0.325. The van der Waals surface area contributed by atoms with Crippen LogP contribution in [-0.2, 0) is 5.75 Å². The molecule has 0 radical (unpaired) electrons. The van der Waals surface area contributed by atoms with Crippen molar-refractivity contribution in [3.8, 4) is 0 Å². The number of aromatic nitrogens is 2. The Labute approximate surface area is 169 Å². The zero-order chi connectivity index (χ0) is 19.3. The van der Waals surface area contributed by atoms with Crippen LogP contribution in [-0.4, -0.2) is 9.97 Å². The van der Waals surface area contributed by atoms with E-state index in [1.165, 1.54) is 10.4 Å². The molecule has 0 atom stereocenters. The van der Waals surface area contributed by atoms with E-state index in [4.69, 9.17) is 4.42 Å². The molecule has 2 aromatic carbocycles. The van der Waals surface area contributed by atoms with E-state index in [1.807, 2.05) is 24.3 Å². The van der Waals surface area contributed by atoms with E-state index in [-0.39, 0.29) is 5.63 Å². The highest BCUT2D eigenvalue weighted by molar-refractivity contribution is 7.98. The second-order valence-corrected chi connectivity index (χ2v) is 8.85. The molecule has 0 N–H and O–H groups in total. The molecule has 0 unspecified atom stereocenters. The molecular weight excluding hydrogens is 388 g/mol. The predicted molar refractivity (Wildman–Crippen MR) is 116 cm³/mol. The van der Waals surface area contributed by atoms with Gasteiger partial charge in [-0.15, -0.1) is 23.1 Å². The number of nitrogens with zero attached hydrogens (tertiary/aromatic N) is 2. The fourth-order valence-corrected chi connectivity index (χ4v) is 5.64. The van der Waals surface area contributed by atoms with E-state index in [1.54, 1.807) is 35.5 Å². The highest BCUT2D eigenvalue weighted by atomic mass is 32.2. The molecule has 0 spiro atoms. The Balaban J connectivity index is 1.65. The first kappa shape index (κ1) is 17.4. The Morgan fingerprint density at radius 3 is 2.82 bits per heavy atom. The van der Waals surface area contributed by atoms with Gasteiger partial charge < -0.3 is 4.42 Å². The number of fused-ring (bicyclic) bond motifs is 4. The molecule has 0 saturated carbocycles. The summed E-state index contributed by atoms with van der Waals surface area (Å²) in [5.74, 6) is 0.635. The van der Waals surface area contributed by atoms with Crippen molar-refractivity contribution in [2.75, 3.05) is 0 Å². The summed E-state index contributed by atoms with van der Waals surface area (Å²) in [4.78, 5) is 23.3. The van der Waals surface area contributed by atoms with Gasteiger partial charge >= 0.3 is 5.63 Å². The van der Waals surface area contributed by atoms with E-state index >= 15 is 0 Å². The van der Waals surface area contributed by atoms with Crippen molar-refractivity contribution in [2.24, 2.45) is 0 Å². The van der Waals surface area contributed by atoms with Crippen molar-refractivity contribution < 1.29 is 4.42 Å². The Bertz CT molecular complexity index is 1420. The molecule has 0 aliphatic carbocycles. The van der Waals surface area contributed by atoms with Gasteiger partial charge in [-0.2, -0.15) is 0 Å². The first-order chi connectivity index (χ1) is 13.6. The summed E-state index contributed by atoms with van der Waals surface area (Å²) in [7, 11) is 0. The van der Waals surface area contributed by atoms with Crippen LogP contribution < -0.4 is 5.63 Å². The third-order valence-electron chi connectivity index (χ3n) is 5.01. The molecule has 5 aromatic rings. The van der Waals surface area contributed by atoms with Crippen molar-refractivity contribution in [1.29, 1.82) is 0 Å². The summed E-state index contributed by atoms with van der Waals surface area (Å²) in [6.45, 7) is 4.22. The zero-order valence-electron chi connectivity index (χ0n) is 15.4. The van der Waals surface area contributed by atoms with Crippen LogP contribution in [0.15, 0.2) is 63.0 Å². The molecule has 0 aliphatic heterocycles. The molecule has 28 heavy (non-hydrogen) atoms. The van der Waals surface area contributed by atoms with Crippen LogP contribution in [0.5, 0.6) is 0 Å². The van der Waals surface area contributed by atoms with Gasteiger partial charge in [-0.3, -0.25) is 0 Å². The van der Waals surface area contributed by atoms with Crippen molar-refractivity contribution in [1.82, 2.24) is 9.97 Å². The van der Waals surface area contributed by atoms with Crippen LogP contribution in [0, 0.1) is 13.8 Å². The molecule has 3 heterocycles. The van der Waals surface area contributed by atoms with Gasteiger partial charge in [-0.25, -0.2) is 14.8 Å². The highest BCUT2D eigenvalue weighted by Gasteiger charge is 2.14. The predicted octanol–water partition coefficient (Wildman–Crippen LogP) is 5.86. The molecule has 0 saturated heterocycles. The summed E-state index contributed by atoms with van der Waals surface area (Å²) in [6.07, 6.45) is 1.62. The lowest BCUT2D eigenvalue weighted by molar-refractivity contribution is 0.560. The van der Waals surface area contributed by atoms with Crippen LogP contribution in [0.3, 0.4) is 0 Å². The Kier molecular flexibility index (Phi) is 4.18. The minimum Gasteiger partial charge on any atom is -0.423 e. The smallest absolute Gasteiger partial charge is 0.336 e. The molecule has 6 heteroatoms. The summed E-state index contributed by atoms with van der Waals surface area (Å²) in [5, 5.41) is 5.29. The highest BCUT2D eigenvalue weighted by Crippen LogP contribution is 2.37. The van der Waals surface area contributed by atoms with Gasteiger partial charge in [0, 0.05) is 27.5 Å². The third kappa shape index (κ3) is 2.80. The monoisotopic (exact) mass is 404 g/mol. The van der Waals surface area contributed by atoms with Gasteiger partial charge in [-0.05, 0) is 41.8 Å². The molecule has 0 fully saturated rings. The second-order valence-electron chi connectivity index (χ2n) is 6.68. The van der Waals surface area contributed by atoms with Gasteiger partial charge in [0.25, 0.3) is 0 Å². The standard InChI is InChI=1S/C22H16N2O2S2/c1-12-13(2)28-22-19(12)21(23-11-24-22)27-10-15-9-18(25)26-17-8-7-14-5-3-4-6-16(14)20(15)17/h3-9,11H,10H2,1-2H3. The van der Waals surface area contributed by atoms with Crippen LogP contribution in [0.25, 0.3) is 32.0 Å². The normalized spacial score (nSPS) is 11.6. The number of aryl methyl sites for hydroxylation is 2. The Hall–Kier alpha value is -2.70. The number of thioether (sulfide) groups is 1. The van der Waals surface area contributed by atoms with Gasteiger partial charge in [0.2, 0.25) is 0 Å². The number of hydrogen-bond acceptors (Lipinski definition) is 6. The van der Waals surface area contributed by atoms with Crippen molar-refractivity contribution >= 4 is 55.1 Å². The molecule has 138 valence electrons. The van der Waals surface area contributed by atoms with Crippen LogP contribution in [0.2, 0.25) is 0 Å². The molecular formula is C22H16N2O2S2. The Morgan fingerprint density at radius 2 is 1.93 bits per heavy atom. The summed E-state index contributed by atoms with van der Waals surface area (Å²) in [6, 6.07) is 13.6. The molecule has 0 amide bonds. The number of hydrogen-bond donors (Lipinski definition) is 0. The van der Waals surface area contributed by atoms with Gasteiger partial charge in [0.05, 0.1) is 0 Å². The van der Waals surface area contributed by atoms with Gasteiger partial charge in [0.15, 0.2) is 0 Å². The maximum absolute atomic E-state index is 12.1. The fraction of sp³-hybridized carbons (Fsp3) is 0.136. The lowest BCUT2D eigenvalue weighted by atomic mass is 10.0. The topological polar surface area (TPSA) is 56.0 Å². The first-order valence-corrected chi connectivity index (χ1v) is 10.7. The van der Waals surface area contributed by atoms with Crippen LogP contribution in [0.1, 0.15) is 16.0 Å². The largest absolute Gasteiger partial charge is 0.423 e. The van der Waals surface area contributed by atoms with E-state index in [0.717, 1.165) is 37.0 Å². The van der Waals surface area contributed by atoms with Gasteiger partial charge in [0.1, 0.15) is 21.8 Å². The SMILES string of the molecule is Cc1sc2ncnc(SCc3cc(=O)oc4ccc5ccccc5c34)c2c1C. The third-order valence-corrected chi connectivity index (χ3v) is 7.16. The second kappa shape index (κ2) is 6.72. The first-order valence-electron chi connectivity index (χ1n) is 8.90. The van der Waals surface area contributed by atoms with Gasteiger partial charge in [-0.1, -0.05) is 30.3 Å². The molecule has 0 bridgehead atoms. The summed E-state index contributed by atoms with van der Waals surface area (Å²) < 4.78 is 5.47. The van der Waals surface area contributed by atoms with E-state index in [0.29, 0.717) is 11.3 Å². The van der Waals surface area contributed by atoms with E-state index in [9.17, 15) is 4.79 Å². The number of rotatable bonds is 3. The maximum Gasteiger partial charge on any atom is 0.336 e. The Morgan fingerprint density at radius 1 is 1.07 bits per heavy atom. The molecule has 5 rings (SSSR count). The zero-order valence-corrected chi connectivity index (χ0v) is 17.0.